The molecule has 1 aliphatic rings. The smallest absolute Gasteiger partial charge is 0.0457 e. The van der Waals surface area contributed by atoms with Gasteiger partial charge in [0.1, 0.15) is 0 Å². The normalized spacial score (nSPS) is 18.7. The molecule has 0 radical (unpaired) electrons. The highest BCUT2D eigenvalue weighted by molar-refractivity contribution is 5.08. The Morgan fingerprint density at radius 2 is 2.08 bits per heavy atom. The molecule has 0 N–H and O–H groups in total. The Morgan fingerprint density at radius 1 is 1.42 bits per heavy atom. The summed E-state index contributed by atoms with van der Waals surface area (Å²) in [7, 11) is 0. The second kappa shape index (κ2) is 4.52. The first-order valence-electron chi connectivity index (χ1n) is 4.93. The molecule has 0 aromatic carbocycles. The summed E-state index contributed by atoms with van der Waals surface area (Å²) in [6.45, 7) is 10.3. The Bertz CT molecular complexity index is 179. The van der Waals surface area contributed by atoms with E-state index >= 15 is 0 Å². The second-order valence-electron chi connectivity index (χ2n) is 3.98. The van der Waals surface area contributed by atoms with E-state index in [4.69, 9.17) is 0 Å². The maximum absolute atomic E-state index is 3.28. The van der Waals surface area contributed by atoms with Crippen LogP contribution in [0.25, 0.3) is 0 Å². The lowest BCUT2D eigenvalue weighted by molar-refractivity contribution is 0.120. The van der Waals surface area contributed by atoms with E-state index in [9.17, 15) is 0 Å². The summed E-state index contributed by atoms with van der Waals surface area (Å²) < 4.78 is 0. The van der Waals surface area contributed by atoms with Gasteiger partial charge in [0.05, 0.1) is 0 Å². The Labute approximate surface area is 76.1 Å². The van der Waals surface area contributed by atoms with E-state index in [0.717, 1.165) is 12.3 Å². The SMILES string of the molecule is CCC#CC1CN(CC(C)C)C1. The molecule has 0 saturated carbocycles. The van der Waals surface area contributed by atoms with Gasteiger partial charge < -0.3 is 4.90 Å². The van der Waals surface area contributed by atoms with Gasteiger partial charge >= 0.3 is 0 Å². The van der Waals surface area contributed by atoms with Gasteiger partial charge in [-0.1, -0.05) is 26.7 Å². The van der Waals surface area contributed by atoms with Crippen molar-refractivity contribution in [2.24, 2.45) is 11.8 Å². The van der Waals surface area contributed by atoms with Gasteiger partial charge in [0, 0.05) is 32.0 Å². The van der Waals surface area contributed by atoms with Crippen molar-refractivity contribution in [1.82, 2.24) is 4.90 Å². The predicted molar refractivity (Wildman–Crippen MR) is 52.8 cm³/mol. The second-order valence-corrected chi connectivity index (χ2v) is 3.98. The van der Waals surface area contributed by atoms with Crippen LogP contribution in [-0.2, 0) is 0 Å². The topological polar surface area (TPSA) is 3.24 Å². The molecule has 0 unspecified atom stereocenters. The summed E-state index contributed by atoms with van der Waals surface area (Å²) in [6, 6.07) is 0. The summed E-state index contributed by atoms with van der Waals surface area (Å²) in [5.41, 5.74) is 0. The number of hydrogen-bond acceptors (Lipinski definition) is 1. The molecule has 1 saturated heterocycles. The van der Waals surface area contributed by atoms with Crippen LogP contribution in [0.3, 0.4) is 0 Å². The third-order valence-corrected chi connectivity index (χ3v) is 2.06. The van der Waals surface area contributed by atoms with Gasteiger partial charge in [0.2, 0.25) is 0 Å². The van der Waals surface area contributed by atoms with Gasteiger partial charge in [0.15, 0.2) is 0 Å². The maximum Gasteiger partial charge on any atom is 0.0457 e. The van der Waals surface area contributed by atoms with Crippen LogP contribution < -0.4 is 0 Å². The highest BCUT2D eigenvalue weighted by Gasteiger charge is 2.24. The van der Waals surface area contributed by atoms with E-state index in [-0.39, 0.29) is 0 Å². The minimum absolute atomic E-state index is 0.670. The molecule has 1 aliphatic heterocycles. The van der Waals surface area contributed by atoms with Crippen molar-refractivity contribution < 1.29 is 0 Å². The van der Waals surface area contributed by atoms with Crippen LogP contribution in [0.4, 0.5) is 0 Å². The first-order chi connectivity index (χ1) is 5.72. The molecule has 1 heterocycles. The molecule has 0 aromatic heterocycles. The van der Waals surface area contributed by atoms with E-state index in [0.29, 0.717) is 5.92 Å². The summed E-state index contributed by atoms with van der Waals surface area (Å²) in [5, 5.41) is 0. The monoisotopic (exact) mass is 165 g/mol. The molecule has 0 bridgehead atoms. The van der Waals surface area contributed by atoms with Crippen LogP contribution >= 0.6 is 0 Å². The zero-order valence-corrected chi connectivity index (χ0v) is 8.43. The fraction of sp³-hybridized carbons (Fsp3) is 0.818. The molecule has 1 heteroatoms. The highest BCUT2D eigenvalue weighted by atomic mass is 15.2. The van der Waals surface area contributed by atoms with Crippen LogP contribution in [0.1, 0.15) is 27.2 Å². The van der Waals surface area contributed by atoms with Crippen molar-refractivity contribution in [3.63, 3.8) is 0 Å². The van der Waals surface area contributed by atoms with E-state index in [1.54, 1.807) is 0 Å². The molecule has 1 nitrogen and oxygen atoms in total. The van der Waals surface area contributed by atoms with Crippen molar-refractivity contribution in [3.8, 4) is 11.8 Å². The Kier molecular flexibility index (Phi) is 3.62. The first-order valence-corrected chi connectivity index (χ1v) is 4.93. The molecule has 12 heavy (non-hydrogen) atoms. The van der Waals surface area contributed by atoms with Crippen LogP contribution in [-0.4, -0.2) is 24.5 Å². The Hall–Kier alpha value is -0.480. The molecule has 1 fully saturated rings. The Balaban J connectivity index is 2.11. The number of hydrogen-bond donors (Lipinski definition) is 0. The van der Waals surface area contributed by atoms with Gasteiger partial charge in [-0.05, 0) is 5.92 Å². The van der Waals surface area contributed by atoms with Crippen LogP contribution in [0.2, 0.25) is 0 Å². The predicted octanol–water partition coefficient (Wildman–Crippen LogP) is 1.99. The average Bonchev–Trinajstić information content (AvgIpc) is 1.93. The van der Waals surface area contributed by atoms with E-state index in [1.807, 2.05) is 0 Å². The van der Waals surface area contributed by atoms with Gasteiger partial charge in [-0.3, -0.25) is 0 Å². The lowest BCUT2D eigenvalue weighted by Gasteiger charge is -2.37. The van der Waals surface area contributed by atoms with Gasteiger partial charge in [-0.15, -0.1) is 5.92 Å². The minimum Gasteiger partial charge on any atom is -0.301 e. The number of nitrogens with zero attached hydrogens (tertiary/aromatic N) is 1. The Morgan fingerprint density at radius 3 is 2.58 bits per heavy atom. The van der Waals surface area contributed by atoms with Crippen molar-refractivity contribution >= 4 is 0 Å². The van der Waals surface area contributed by atoms with Crippen molar-refractivity contribution in [3.05, 3.63) is 0 Å². The zero-order valence-electron chi connectivity index (χ0n) is 8.43. The summed E-state index contributed by atoms with van der Waals surface area (Å²) in [4.78, 5) is 2.49. The summed E-state index contributed by atoms with van der Waals surface area (Å²) in [5.74, 6) is 7.89. The molecular weight excluding hydrogens is 146 g/mol. The van der Waals surface area contributed by atoms with Gasteiger partial charge in [-0.25, -0.2) is 0 Å². The van der Waals surface area contributed by atoms with Crippen molar-refractivity contribution in [2.45, 2.75) is 27.2 Å². The standard InChI is InChI=1S/C11H19N/c1-4-5-6-11-8-12(9-11)7-10(2)3/h10-11H,4,7-9H2,1-3H3. The first kappa shape index (κ1) is 9.61. The fourth-order valence-corrected chi connectivity index (χ4v) is 1.57. The lowest BCUT2D eigenvalue weighted by Crippen LogP contribution is -2.47. The van der Waals surface area contributed by atoms with E-state index in [1.165, 1.54) is 19.6 Å². The van der Waals surface area contributed by atoms with Gasteiger partial charge in [-0.2, -0.15) is 0 Å². The van der Waals surface area contributed by atoms with Crippen molar-refractivity contribution in [2.75, 3.05) is 19.6 Å². The van der Waals surface area contributed by atoms with E-state index < -0.39 is 0 Å². The highest BCUT2D eigenvalue weighted by Crippen LogP contribution is 2.15. The fourth-order valence-electron chi connectivity index (χ4n) is 1.57. The zero-order chi connectivity index (χ0) is 8.97. The summed E-state index contributed by atoms with van der Waals surface area (Å²) in [6.07, 6.45) is 1.00. The molecular formula is C11H19N. The number of likely N-dealkylation sites (tertiary alicyclic amines) is 1. The molecule has 0 amide bonds. The van der Waals surface area contributed by atoms with Crippen LogP contribution in [0.5, 0.6) is 0 Å². The molecule has 0 spiro atoms. The van der Waals surface area contributed by atoms with Gasteiger partial charge in [0.25, 0.3) is 0 Å². The molecule has 0 aromatic rings. The van der Waals surface area contributed by atoms with Crippen molar-refractivity contribution in [1.29, 1.82) is 0 Å². The van der Waals surface area contributed by atoms with E-state index in [2.05, 4.69) is 37.5 Å². The quantitative estimate of drug-likeness (QED) is 0.566. The van der Waals surface area contributed by atoms with Crippen LogP contribution in [0, 0.1) is 23.7 Å². The molecule has 1 rings (SSSR count). The average molecular weight is 165 g/mol. The molecule has 0 atom stereocenters. The largest absolute Gasteiger partial charge is 0.301 e. The number of rotatable bonds is 2. The third-order valence-electron chi connectivity index (χ3n) is 2.06. The lowest BCUT2D eigenvalue weighted by atomic mass is 9.99. The summed E-state index contributed by atoms with van der Waals surface area (Å²) >= 11 is 0. The molecule has 68 valence electrons. The third kappa shape index (κ3) is 2.87. The minimum atomic E-state index is 0.670. The molecule has 0 aliphatic carbocycles. The maximum atomic E-state index is 3.28. The van der Waals surface area contributed by atoms with Crippen LogP contribution in [0.15, 0.2) is 0 Å².